The van der Waals surface area contributed by atoms with Crippen molar-refractivity contribution in [2.24, 2.45) is 0 Å². The fraction of sp³-hybridized carbons (Fsp3) is 0.571. The van der Waals surface area contributed by atoms with Gasteiger partial charge in [-0.05, 0) is 6.42 Å². The number of aromatic nitrogens is 2. The summed E-state index contributed by atoms with van der Waals surface area (Å²) in [6.45, 7) is 1.50. The van der Waals surface area contributed by atoms with E-state index in [1.54, 1.807) is 18.0 Å². The van der Waals surface area contributed by atoms with Crippen LogP contribution in [0.2, 0.25) is 10.3 Å². The molecule has 5 heteroatoms. The van der Waals surface area contributed by atoms with Crippen molar-refractivity contribution >= 4 is 23.2 Å². The molecule has 0 bridgehead atoms. The van der Waals surface area contributed by atoms with Crippen molar-refractivity contribution in [3.05, 3.63) is 16.6 Å². The summed E-state index contributed by atoms with van der Waals surface area (Å²) in [5.41, 5.74) is 0. The zero-order chi connectivity index (χ0) is 8.97. The summed E-state index contributed by atoms with van der Waals surface area (Å²) in [5, 5.41) is 0.849. The lowest BCUT2D eigenvalue weighted by atomic mass is 10.4. The number of aryl methyl sites for hydroxylation is 1. The standard InChI is InChI=1S/C7H10Cl2N2O/c1-12-4-2-3-11-5-10-6(8)7(11)9/h5H,2-4H2,1H3. The van der Waals surface area contributed by atoms with Crippen LogP contribution in [-0.4, -0.2) is 23.3 Å². The van der Waals surface area contributed by atoms with Crippen molar-refractivity contribution in [2.45, 2.75) is 13.0 Å². The number of hydrogen-bond donors (Lipinski definition) is 0. The highest BCUT2D eigenvalue weighted by Crippen LogP contribution is 2.19. The van der Waals surface area contributed by atoms with Crippen molar-refractivity contribution in [1.29, 1.82) is 0 Å². The SMILES string of the molecule is COCCCn1cnc(Cl)c1Cl. The van der Waals surface area contributed by atoms with E-state index in [1.807, 2.05) is 0 Å². The van der Waals surface area contributed by atoms with E-state index >= 15 is 0 Å². The fourth-order valence-corrected chi connectivity index (χ4v) is 1.21. The third-order valence-electron chi connectivity index (χ3n) is 1.48. The molecule has 68 valence electrons. The molecule has 0 saturated heterocycles. The molecule has 0 saturated carbocycles. The summed E-state index contributed by atoms with van der Waals surface area (Å²) in [7, 11) is 1.67. The van der Waals surface area contributed by atoms with E-state index in [4.69, 9.17) is 27.9 Å². The third-order valence-corrected chi connectivity index (χ3v) is 2.25. The van der Waals surface area contributed by atoms with Crippen LogP contribution in [0.1, 0.15) is 6.42 Å². The zero-order valence-electron chi connectivity index (χ0n) is 6.76. The predicted octanol–water partition coefficient (Wildman–Crippen LogP) is 2.23. The maximum atomic E-state index is 5.82. The quantitative estimate of drug-likeness (QED) is 0.711. The van der Waals surface area contributed by atoms with E-state index in [1.165, 1.54) is 0 Å². The minimum Gasteiger partial charge on any atom is -0.385 e. The number of nitrogens with zero attached hydrogens (tertiary/aromatic N) is 2. The van der Waals surface area contributed by atoms with E-state index < -0.39 is 0 Å². The van der Waals surface area contributed by atoms with E-state index in [-0.39, 0.29) is 0 Å². The summed E-state index contributed by atoms with van der Waals surface area (Å²) in [6.07, 6.45) is 2.53. The molecule has 1 heterocycles. The molecule has 0 spiro atoms. The Morgan fingerprint density at radius 3 is 2.83 bits per heavy atom. The Balaban J connectivity index is 2.46. The molecule has 0 aromatic carbocycles. The van der Waals surface area contributed by atoms with Crippen LogP contribution >= 0.6 is 23.2 Å². The van der Waals surface area contributed by atoms with Crippen LogP contribution in [0.25, 0.3) is 0 Å². The van der Waals surface area contributed by atoms with Crippen LogP contribution in [0.3, 0.4) is 0 Å². The van der Waals surface area contributed by atoms with Gasteiger partial charge < -0.3 is 9.30 Å². The summed E-state index contributed by atoms with van der Waals surface area (Å²) in [6, 6.07) is 0. The first-order valence-electron chi connectivity index (χ1n) is 3.60. The van der Waals surface area contributed by atoms with Gasteiger partial charge in [-0.15, -0.1) is 0 Å². The Hall–Kier alpha value is -0.250. The maximum absolute atomic E-state index is 5.82. The number of ether oxygens (including phenoxy) is 1. The van der Waals surface area contributed by atoms with Gasteiger partial charge in [-0.3, -0.25) is 0 Å². The molecule has 12 heavy (non-hydrogen) atoms. The van der Waals surface area contributed by atoms with E-state index in [9.17, 15) is 0 Å². The number of imidazole rings is 1. The van der Waals surface area contributed by atoms with Crippen molar-refractivity contribution in [3.8, 4) is 0 Å². The Bertz CT molecular complexity index is 250. The molecule has 0 radical (unpaired) electrons. The van der Waals surface area contributed by atoms with E-state index in [0.717, 1.165) is 13.0 Å². The van der Waals surface area contributed by atoms with Crippen LogP contribution in [0.4, 0.5) is 0 Å². The summed E-state index contributed by atoms with van der Waals surface area (Å²) in [5.74, 6) is 0. The molecule has 1 rings (SSSR count). The molecule has 0 atom stereocenters. The lowest BCUT2D eigenvalue weighted by molar-refractivity contribution is 0.190. The average Bonchev–Trinajstić information content (AvgIpc) is 2.36. The number of rotatable bonds is 4. The van der Waals surface area contributed by atoms with Gasteiger partial charge in [0.1, 0.15) is 5.15 Å². The van der Waals surface area contributed by atoms with Gasteiger partial charge in [0.05, 0.1) is 6.33 Å². The molecule has 0 N–H and O–H groups in total. The van der Waals surface area contributed by atoms with Gasteiger partial charge in [0.25, 0.3) is 0 Å². The zero-order valence-corrected chi connectivity index (χ0v) is 8.27. The summed E-state index contributed by atoms with van der Waals surface area (Å²) in [4.78, 5) is 3.85. The van der Waals surface area contributed by atoms with Gasteiger partial charge in [-0.2, -0.15) is 0 Å². The van der Waals surface area contributed by atoms with Gasteiger partial charge >= 0.3 is 0 Å². The van der Waals surface area contributed by atoms with Crippen molar-refractivity contribution in [1.82, 2.24) is 9.55 Å². The molecular weight excluding hydrogens is 199 g/mol. The molecule has 0 aliphatic heterocycles. The van der Waals surface area contributed by atoms with Crippen molar-refractivity contribution < 1.29 is 4.74 Å². The number of halogens is 2. The van der Waals surface area contributed by atoms with Crippen LogP contribution < -0.4 is 0 Å². The first-order valence-corrected chi connectivity index (χ1v) is 4.36. The lowest BCUT2D eigenvalue weighted by Gasteiger charge is -2.01. The molecule has 1 aromatic rings. The molecular formula is C7H10Cl2N2O. The second-order valence-corrected chi connectivity index (χ2v) is 3.08. The first kappa shape index (κ1) is 9.84. The van der Waals surface area contributed by atoms with Gasteiger partial charge in [0.2, 0.25) is 0 Å². The smallest absolute Gasteiger partial charge is 0.166 e. The highest BCUT2D eigenvalue weighted by atomic mass is 35.5. The van der Waals surface area contributed by atoms with Crippen LogP contribution in [-0.2, 0) is 11.3 Å². The Labute approximate surface area is 81.3 Å². The van der Waals surface area contributed by atoms with Crippen LogP contribution in [0.5, 0.6) is 0 Å². The molecule has 0 amide bonds. The average molecular weight is 209 g/mol. The molecule has 0 aliphatic rings. The first-order chi connectivity index (χ1) is 5.75. The summed E-state index contributed by atoms with van der Waals surface area (Å²) < 4.78 is 6.69. The maximum Gasteiger partial charge on any atom is 0.166 e. The molecule has 1 aromatic heterocycles. The minimum absolute atomic E-state index is 0.356. The van der Waals surface area contributed by atoms with Gasteiger partial charge in [0, 0.05) is 20.3 Å². The number of methoxy groups -OCH3 is 1. The van der Waals surface area contributed by atoms with Crippen molar-refractivity contribution in [3.63, 3.8) is 0 Å². The topological polar surface area (TPSA) is 27.1 Å². The third kappa shape index (κ3) is 2.37. The predicted molar refractivity (Wildman–Crippen MR) is 48.7 cm³/mol. The van der Waals surface area contributed by atoms with E-state index in [2.05, 4.69) is 4.98 Å². The van der Waals surface area contributed by atoms with Crippen LogP contribution in [0.15, 0.2) is 6.33 Å². The highest BCUT2D eigenvalue weighted by molar-refractivity contribution is 6.40. The molecule has 0 fully saturated rings. The van der Waals surface area contributed by atoms with Gasteiger partial charge in [0.15, 0.2) is 5.15 Å². The number of hydrogen-bond acceptors (Lipinski definition) is 2. The Morgan fingerprint density at radius 1 is 1.58 bits per heavy atom. The summed E-state index contributed by atoms with van der Waals surface area (Å²) >= 11 is 11.5. The Morgan fingerprint density at radius 2 is 2.33 bits per heavy atom. The monoisotopic (exact) mass is 208 g/mol. The highest BCUT2D eigenvalue weighted by Gasteiger charge is 2.04. The van der Waals surface area contributed by atoms with Gasteiger partial charge in [-0.25, -0.2) is 4.98 Å². The normalized spacial score (nSPS) is 10.6. The van der Waals surface area contributed by atoms with Crippen LogP contribution in [0, 0.1) is 0 Å². The Kier molecular flexibility index (Phi) is 3.85. The molecule has 0 aliphatic carbocycles. The largest absolute Gasteiger partial charge is 0.385 e. The lowest BCUT2D eigenvalue weighted by Crippen LogP contribution is -1.99. The second kappa shape index (κ2) is 4.70. The molecule has 0 unspecified atom stereocenters. The fourth-order valence-electron chi connectivity index (χ4n) is 0.878. The minimum atomic E-state index is 0.356. The van der Waals surface area contributed by atoms with E-state index in [0.29, 0.717) is 16.9 Å². The van der Waals surface area contributed by atoms with Gasteiger partial charge in [-0.1, -0.05) is 23.2 Å². The van der Waals surface area contributed by atoms with Crippen molar-refractivity contribution in [2.75, 3.05) is 13.7 Å². The molecule has 3 nitrogen and oxygen atoms in total. The second-order valence-electron chi connectivity index (χ2n) is 2.37.